The van der Waals surface area contributed by atoms with Crippen molar-refractivity contribution in [3.8, 4) is 5.75 Å². The zero-order valence-corrected chi connectivity index (χ0v) is 13.3. The molecule has 19 heavy (non-hydrogen) atoms. The summed E-state index contributed by atoms with van der Waals surface area (Å²) in [6.45, 7) is -0.127. The van der Waals surface area contributed by atoms with Crippen LogP contribution < -0.4 is 28.3 Å². The summed E-state index contributed by atoms with van der Waals surface area (Å²) in [7, 11) is 1.31. The van der Waals surface area contributed by atoms with Crippen molar-refractivity contribution in [2.45, 2.75) is 5.75 Å². The molecule has 1 aromatic rings. The van der Waals surface area contributed by atoms with E-state index in [9.17, 15) is 4.79 Å². The van der Waals surface area contributed by atoms with Gasteiger partial charge in [-0.1, -0.05) is 15.9 Å². The van der Waals surface area contributed by atoms with Gasteiger partial charge in [-0.3, -0.25) is 11.1 Å². The summed E-state index contributed by atoms with van der Waals surface area (Å²) in [5.74, 6) is 0.747. The number of rotatable bonds is 5. The molecule has 0 aliphatic rings. The molecular formula is C11H14BrClN2O3S. The molecule has 1 rings (SSSR count). The second-order valence-electron chi connectivity index (χ2n) is 3.31. The van der Waals surface area contributed by atoms with Gasteiger partial charge in [-0.25, -0.2) is 4.79 Å². The molecule has 8 heteroatoms. The van der Waals surface area contributed by atoms with E-state index in [1.165, 1.54) is 18.9 Å². The summed E-state index contributed by atoms with van der Waals surface area (Å²) in [4.78, 5) is 11.0. The number of benzene rings is 1. The Morgan fingerprint density at radius 2 is 2.21 bits per heavy atom. The zero-order valence-electron chi connectivity index (χ0n) is 10.2. The Balaban J connectivity index is 0.00000324. The van der Waals surface area contributed by atoms with E-state index in [0.717, 1.165) is 10.0 Å². The number of carbonyl (C=O) groups excluding carboxylic acids is 1. The first-order chi connectivity index (χ1) is 8.52. The number of nitrogens with two attached hydrogens (primary N) is 2. The van der Waals surface area contributed by atoms with Gasteiger partial charge in [-0.2, -0.15) is 0 Å². The van der Waals surface area contributed by atoms with Gasteiger partial charge in [0.25, 0.3) is 5.17 Å². The predicted octanol–water partition coefficient (Wildman–Crippen LogP) is -2.69. The largest absolute Gasteiger partial charge is 1.00 e. The summed E-state index contributed by atoms with van der Waals surface area (Å²) in [5.41, 5.74) is 6.30. The van der Waals surface area contributed by atoms with Gasteiger partial charge in [0.15, 0.2) is 6.61 Å². The molecule has 0 aliphatic heterocycles. The monoisotopic (exact) mass is 368 g/mol. The summed E-state index contributed by atoms with van der Waals surface area (Å²) >= 11 is 4.67. The molecule has 1 aromatic carbocycles. The number of hydrogen-bond acceptors (Lipinski definition) is 4. The number of carbonyl (C=O) groups is 1. The van der Waals surface area contributed by atoms with Crippen molar-refractivity contribution in [3.63, 3.8) is 0 Å². The molecule has 106 valence electrons. The molecule has 0 saturated heterocycles. The normalized spacial score (nSPS) is 9.37. The maximum Gasteiger partial charge on any atom is 0.343 e. The predicted molar refractivity (Wildman–Crippen MR) is 74.1 cm³/mol. The molecule has 0 atom stereocenters. The fraction of sp³-hybridized carbons (Fsp3) is 0.273. The van der Waals surface area contributed by atoms with E-state index in [4.69, 9.17) is 15.9 Å². The van der Waals surface area contributed by atoms with Crippen LogP contribution in [-0.4, -0.2) is 24.9 Å². The van der Waals surface area contributed by atoms with E-state index in [0.29, 0.717) is 11.5 Å². The lowest BCUT2D eigenvalue weighted by Crippen LogP contribution is -3.00. The van der Waals surface area contributed by atoms with Crippen LogP contribution >= 0.6 is 27.7 Å². The Labute approximate surface area is 130 Å². The van der Waals surface area contributed by atoms with Crippen LogP contribution in [0, 0.1) is 0 Å². The molecule has 0 fully saturated rings. The van der Waals surface area contributed by atoms with Gasteiger partial charge in [-0.05, 0) is 30.0 Å². The second kappa shape index (κ2) is 9.06. The smallest absolute Gasteiger partial charge is 0.343 e. The molecule has 0 saturated carbocycles. The van der Waals surface area contributed by atoms with Crippen LogP contribution in [0.5, 0.6) is 5.75 Å². The van der Waals surface area contributed by atoms with Gasteiger partial charge in [0.2, 0.25) is 0 Å². The summed E-state index contributed by atoms with van der Waals surface area (Å²) < 4.78 is 10.8. The van der Waals surface area contributed by atoms with Crippen LogP contribution in [0.25, 0.3) is 0 Å². The number of esters is 1. The molecule has 0 heterocycles. The maximum atomic E-state index is 11.0. The number of hydrogen-bond donors (Lipinski definition) is 2. The van der Waals surface area contributed by atoms with E-state index in [-0.39, 0.29) is 24.2 Å². The average molecular weight is 370 g/mol. The molecule has 0 bridgehead atoms. The highest BCUT2D eigenvalue weighted by atomic mass is 79.9. The van der Waals surface area contributed by atoms with Gasteiger partial charge in [-0.15, -0.1) is 0 Å². The summed E-state index contributed by atoms with van der Waals surface area (Å²) in [5, 5.41) is 5.69. The lowest BCUT2D eigenvalue weighted by atomic mass is 10.2. The Hall–Kier alpha value is -0.920. The zero-order chi connectivity index (χ0) is 13.5. The van der Waals surface area contributed by atoms with Crippen LogP contribution in [0.2, 0.25) is 0 Å². The Morgan fingerprint density at radius 3 is 2.79 bits per heavy atom. The SMILES string of the molecule is COC(=O)COc1ccc(Br)cc1CSC(N)=[NH2+].[Cl-]. The first-order valence-electron chi connectivity index (χ1n) is 5.01. The average Bonchev–Trinajstić information content (AvgIpc) is 2.34. The molecule has 0 amide bonds. The van der Waals surface area contributed by atoms with Gasteiger partial charge in [0.05, 0.1) is 7.11 Å². The highest BCUT2D eigenvalue weighted by molar-refractivity contribution is 9.10. The van der Waals surface area contributed by atoms with Crippen LogP contribution in [0.1, 0.15) is 5.56 Å². The lowest BCUT2D eigenvalue weighted by Gasteiger charge is -2.10. The van der Waals surface area contributed by atoms with Gasteiger partial charge in [0.1, 0.15) is 5.75 Å². The van der Waals surface area contributed by atoms with Gasteiger partial charge < -0.3 is 21.9 Å². The first-order valence-corrected chi connectivity index (χ1v) is 6.79. The van der Waals surface area contributed by atoms with Gasteiger partial charge in [0, 0.05) is 15.8 Å². The number of ether oxygens (including phenoxy) is 2. The molecule has 0 aliphatic carbocycles. The molecule has 0 spiro atoms. The molecule has 0 radical (unpaired) electrons. The Bertz CT molecular complexity index is 460. The number of thioether (sulfide) groups is 1. The van der Waals surface area contributed by atoms with Crippen LogP contribution in [-0.2, 0) is 15.3 Å². The second-order valence-corrected chi connectivity index (χ2v) is 5.27. The van der Waals surface area contributed by atoms with Crippen LogP contribution in [0.4, 0.5) is 0 Å². The van der Waals surface area contributed by atoms with E-state index in [1.807, 2.05) is 12.1 Å². The summed E-state index contributed by atoms with van der Waals surface area (Å²) in [6, 6.07) is 5.49. The van der Waals surface area contributed by atoms with Crippen molar-refractivity contribution in [3.05, 3.63) is 28.2 Å². The number of methoxy groups -OCH3 is 1. The molecule has 5 nitrogen and oxygen atoms in total. The van der Waals surface area contributed by atoms with E-state index < -0.39 is 5.97 Å². The molecule has 0 aromatic heterocycles. The fourth-order valence-corrected chi connectivity index (χ4v) is 2.11. The fourth-order valence-electron chi connectivity index (χ4n) is 1.16. The van der Waals surface area contributed by atoms with Gasteiger partial charge >= 0.3 is 5.97 Å². The third-order valence-corrected chi connectivity index (χ3v) is 3.27. The highest BCUT2D eigenvalue weighted by Crippen LogP contribution is 2.26. The Morgan fingerprint density at radius 1 is 1.53 bits per heavy atom. The third kappa shape index (κ3) is 6.70. The van der Waals surface area contributed by atoms with Crippen molar-refractivity contribution >= 4 is 38.8 Å². The Kier molecular flexibility index (Phi) is 8.62. The highest BCUT2D eigenvalue weighted by Gasteiger charge is 2.09. The quantitative estimate of drug-likeness (QED) is 0.335. The lowest BCUT2D eigenvalue weighted by molar-refractivity contribution is -0.142. The minimum atomic E-state index is -0.429. The molecule has 0 unspecified atom stereocenters. The maximum absolute atomic E-state index is 11.0. The summed E-state index contributed by atoms with van der Waals surface area (Å²) in [6.07, 6.45) is 0. The van der Waals surface area contributed by atoms with Crippen molar-refractivity contribution in [2.75, 3.05) is 13.7 Å². The molecule has 4 N–H and O–H groups in total. The first kappa shape index (κ1) is 18.1. The molecular weight excluding hydrogens is 356 g/mol. The number of amidine groups is 1. The van der Waals surface area contributed by atoms with E-state index in [2.05, 4.69) is 20.7 Å². The van der Waals surface area contributed by atoms with Crippen LogP contribution in [0.15, 0.2) is 22.7 Å². The number of halogens is 2. The van der Waals surface area contributed by atoms with E-state index >= 15 is 0 Å². The van der Waals surface area contributed by atoms with Crippen molar-refractivity contribution in [1.82, 2.24) is 0 Å². The third-order valence-electron chi connectivity index (χ3n) is 1.99. The topological polar surface area (TPSA) is 87.1 Å². The minimum absolute atomic E-state index is 0. The van der Waals surface area contributed by atoms with Crippen molar-refractivity contribution in [1.29, 1.82) is 0 Å². The van der Waals surface area contributed by atoms with Crippen molar-refractivity contribution in [2.24, 2.45) is 5.73 Å². The van der Waals surface area contributed by atoms with Crippen LogP contribution in [0.3, 0.4) is 0 Å². The standard InChI is InChI=1S/C11H13BrN2O3S.ClH/c1-16-10(15)5-17-9-3-2-8(12)4-7(9)6-18-11(13)14;/h2-4H,5-6H2,1H3,(H3,13,14);1H. The van der Waals surface area contributed by atoms with E-state index in [1.54, 1.807) is 6.07 Å². The van der Waals surface area contributed by atoms with Crippen molar-refractivity contribution < 1.29 is 32.1 Å². The minimum Gasteiger partial charge on any atom is -1.00 e.